The van der Waals surface area contributed by atoms with Crippen LogP contribution in [0.4, 0.5) is 0 Å². The van der Waals surface area contributed by atoms with Gasteiger partial charge in [-0.3, -0.25) is 0 Å². The summed E-state index contributed by atoms with van der Waals surface area (Å²) in [5, 5.41) is 13.4. The van der Waals surface area contributed by atoms with Gasteiger partial charge >= 0.3 is 0 Å². The maximum atomic E-state index is 10.0. The van der Waals surface area contributed by atoms with Crippen molar-refractivity contribution in [3.63, 3.8) is 0 Å². The maximum absolute atomic E-state index is 10.0. The van der Waals surface area contributed by atoms with E-state index in [4.69, 9.17) is 4.74 Å². The van der Waals surface area contributed by atoms with Crippen LogP contribution in [0, 0.1) is 19.8 Å². The number of hydrogen-bond acceptors (Lipinski definition) is 3. The Morgan fingerprint density at radius 3 is 2.62 bits per heavy atom. The average molecular weight is 293 g/mol. The molecule has 2 N–H and O–H groups in total. The summed E-state index contributed by atoms with van der Waals surface area (Å²) in [7, 11) is 0. The van der Waals surface area contributed by atoms with E-state index in [-0.39, 0.29) is 0 Å². The fourth-order valence-corrected chi connectivity index (χ4v) is 2.30. The summed E-state index contributed by atoms with van der Waals surface area (Å²) in [5.74, 6) is 1.58. The predicted molar refractivity (Wildman–Crippen MR) is 89.0 cm³/mol. The Morgan fingerprint density at radius 1 is 1.24 bits per heavy atom. The van der Waals surface area contributed by atoms with E-state index in [0.29, 0.717) is 19.2 Å². The van der Waals surface area contributed by atoms with Gasteiger partial charge in [-0.25, -0.2) is 0 Å². The summed E-state index contributed by atoms with van der Waals surface area (Å²) in [6.07, 6.45) is 1.86. The third-order valence-electron chi connectivity index (χ3n) is 3.93. The largest absolute Gasteiger partial charge is 0.491 e. The summed E-state index contributed by atoms with van der Waals surface area (Å²) in [5.41, 5.74) is 2.27. The van der Waals surface area contributed by atoms with Crippen molar-refractivity contribution in [2.45, 2.75) is 59.6 Å². The molecule has 1 aromatic carbocycles. The number of aliphatic hydroxyl groups excluding tert-OH is 1. The first-order chi connectivity index (χ1) is 9.92. The van der Waals surface area contributed by atoms with Gasteiger partial charge in [-0.05, 0) is 50.3 Å². The molecule has 3 heteroatoms. The normalized spacial score (nSPS) is 15.5. The van der Waals surface area contributed by atoms with Gasteiger partial charge < -0.3 is 15.2 Å². The lowest BCUT2D eigenvalue weighted by Crippen LogP contribution is -2.37. The Morgan fingerprint density at radius 2 is 1.95 bits per heavy atom. The molecule has 0 spiro atoms. The summed E-state index contributed by atoms with van der Waals surface area (Å²) in [6, 6.07) is 6.55. The van der Waals surface area contributed by atoms with Gasteiger partial charge in [-0.1, -0.05) is 32.4 Å². The third-order valence-corrected chi connectivity index (χ3v) is 3.93. The first kappa shape index (κ1) is 18.0. The number of nitrogens with one attached hydrogen (secondary N) is 1. The molecule has 3 unspecified atom stereocenters. The number of rotatable bonds is 9. The van der Waals surface area contributed by atoms with Crippen molar-refractivity contribution < 1.29 is 9.84 Å². The Balaban J connectivity index is 2.30. The molecule has 0 fully saturated rings. The number of benzene rings is 1. The highest BCUT2D eigenvalue weighted by Crippen LogP contribution is 2.19. The van der Waals surface area contributed by atoms with Crippen LogP contribution in [-0.2, 0) is 0 Å². The minimum Gasteiger partial charge on any atom is -0.491 e. The van der Waals surface area contributed by atoms with Crippen LogP contribution < -0.4 is 10.1 Å². The zero-order chi connectivity index (χ0) is 15.8. The van der Waals surface area contributed by atoms with Crippen molar-refractivity contribution in [1.29, 1.82) is 0 Å². The molecular weight excluding hydrogens is 262 g/mol. The van der Waals surface area contributed by atoms with Crippen LogP contribution in [0.2, 0.25) is 0 Å². The van der Waals surface area contributed by atoms with Crippen molar-refractivity contribution in [3.8, 4) is 5.75 Å². The summed E-state index contributed by atoms with van der Waals surface area (Å²) >= 11 is 0. The minimum absolute atomic E-state index is 0.327. The van der Waals surface area contributed by atoms with Crippen molar-refractivity contribution in [2.75, 3.05) is 13.2 Å². The SMILES string of the molecule is CCC(C)CC(C)NCC(O)COc1cc(C)ccc1C. The molecule has 1 rings (SSSR count). The molecule has 21 heavy (non-hydrogen) atoms. The molecule has 0 aliphatic heterocycles. The highest BCUT2D eigenvalue weighted by atomic mass is 16.5. The molecule has 1 aromatic rings. The van der Waals surface area contributed by atoms with Crippen LogP contribution in [0.5, 0.6) is 5.75 Å². The zero-order valence-electron chi connectivity index (χ0n) is 14.1. The second-order valence-electron chi connectivity index (χ2n) is 6.29. The van der Waals surface area contributed by atoms with Gasteiger partial charge in [0.25, 0.3) is 0 Å². The van der Waals surface area contributed by atoms with E-state index in [2.05, 4.69) is 32.2 Å². The van der Waals surface area contributed by atoms with Gasteiger partial charge in [0.15, 0.2) is 0 Å². The molecule has 3 nitrogen and oxygen atoms in total. The number of aryl methyl sites for hydroxylation is 2. The van der Waals surface area contributed by atoms with Crippen molar-refractivity contribution in [2.24, 2.45) is 5.92 Å². The van der Waals surface area contributed by atoms with E-state index >= 15 is 0 Å². The predicted octanol–water partition coefficient (Wildman–Crippen LogP) is 3.46. The highest BCUT2D eigenvalue weighted by Gasteiger charge is 2.11. The van der Waals surface area contributed by atoms with E-state index in [1.807, 2.05) is 26.0 Å². The van der Waals surface area contributed by atoms with Crippen LogP contribution in [0.15, 0.2) is 18.2 Å². The molecule has 120 valence electrons. The standard InChI is InChI=1S/C18H31NO2/c1-6-13(2)9-16(5)19-11-17(20)12-21-18-10-14(3)7-8-15(18)4/h7-8,10,13,16-17,19-20H,6,9,11-12H2,1-5H3. The van der Waals surface area contributed by atoms with E-state index in [1.165, 1.54) is 12.0 Å². The van der Waals surface area contributed by atoms with Crippen LogP contribution in [0.3, 0.4) is 0 Å². The second kappa shape index (κ2) is 9.06. The fraction of sp³-hybridized carbons (Fsp3) is 0.667. The second-order valence-corrected chi connectivity index (χ2v) is 6.29. The van der Waals surface area contributed by atoms with Crippen LogP contribution in [0.25, 0.3) is 0 Å². The topological polar surface area (TPSA) is 41.5 Å². The van der Waals surface area contributed by atoms with Crippen molar-refractivity contribution in [1.82, 2.24) is 5.32 Å². The number of ether oxygens (including phenoxy) is 1. The van der Waals surface area contributed by atoms with E-state index < -0.39 is 6.10 Å². The molecular formula is C18H31NO2. The van der Waals surface area contributed by atoms with E-state index in [0.717, 1.165) is 23.7 Å². The molecule has 0 aromatic heterocycles. The number of aliphatic hydroxyl groups is 1. The smallest absolute Gasteiger partial charge is 0.122 e. The first-order valence-electron chi connectivity index (χ1n) is 8.03. The molecule has 3 atom stereocenters. The first-order valence-corrected chi connectivity index (χ1v) is 8.03. The molecule has 0 heterocycles. The van der Waals surface area contributed by atoms with Gasteiger partial charge in [-0.2, -0.15) is 0 Å². The number of hydrogen-bond donors (Lipinski definition) is 2. The Kier molecular flexibility index (Phi) is 7.76. The lowest BCUT2D eigenvalue weighted by molar-refractivity contribution is 0.103. The molecule has 0 saturated heterocycles. The molecule has 0 aliphatic rings. The maximum Gasteiger partial charge on any atom is 0.122 e. The molecule has 0 saturated carbocycles. The monoisotopic (exact) mass is 293 g/mol. The van der Waals surface area contributed by atoms with Crippen LogP contribution >= 0.6 is 0 Å². The lowest BCUT2D eigenvalue weighted by Gasteiger charge is -2.20. The summed E-state index contributed by atoms with van der Waals surface area (Å²) in [6.45, 7) is 11.6. The van der Waals surface area contributed by atoms with E-state index in [9.17, 15) is 5.11 Å². The summed E-state index contributed by atoms with van der Waals surface area (Å²) < 4.78 is 5.72. The van der Waals surface area contributed by atoms with Gasteiger partial charge in [0.1, 0.15) is 18.5 Å². The van der Waals surface area contributed by atoms with Gasteiger partial charge in [-0.15, -0.1) is 0 Å². The Bertz CT molecular complexity index is 420. The minimum atomic E-state index is -0.482. The lowest BCUT2D eigenvalue weighted by atomic mass is 10.0. The molecule has 0 bridgehead atoms. The van der Waals surface area contributed by atoms with Crippen LogP contribution in [0.1, 0.15) is 44.7 Å². The Hall–Kier alpha value is -1.06. The third kappa shape index (κ3) is 6.96. The zero-order valence-corrected chi connectivity index (χ0v) is 14.1. The summed E-state index contributed by atoms with van der Waals surface area (Å²) in [4.78, 5) is 0. The molecule has 0 amide bonds. The van der Waals surface area contributed by atoms with Gasteiger partial charge in [0.05, 0.1) is 0 Å². The highest BCUT2D eigenvalue weighted by molar-refractivity contribution is 5.35. The van der Waals surface area contributed by atoms with E-state index in [1.54, 1.807) is 0 Å². The molecule has 0 aliphatic carbocycles. The van der Waals surface area contributed by atoms with Gasteiger partial charge in [0.2, 0.25) is 0 Å². The van der Waals surface area contributed by atoms with Crippen molar-refractivity contribution >= 4 is 0 Å². The fourth-order valence-electron chi connectivity index (χ4n) is 2.30. The van der Waals surface area contributed by atoms with Crippen molar-refractivity contribution in [3.05, 3.63) is 29.3 Å². The quantitative estimate of drug-likeness (QED) is 0.732. The van der Waals surface area contributed by atoms with Gasteiger partial charge in [0, 0.05) is 12.6 Å². The Labute approximate surface area is 129 Å². The van der Waals surface area contributed by atoms with Crippen LogP contribution in [-0.4, -0.2) is 30.4 Å². The molecule has 0 radical (unpaired) electrons. The average Bonchev–Trinajstić information content (AvgIpc) is 2.45.